The fraction of sp³-hybridized carbons (Fsp3) is 0.316. The molecule has 0 aliphatic carbocycles. The summed E-state index contributed by atoms with van der Waals surface area (Å²) in [6.07, 6.45) is -0.745. The summed E-state index contributed by atoms with van der Waals surface area (Å²) in [6, 6.07) is 17.1. The highest BCUT2D eigenvalue weighted by Gasteiger charge is 2.21. The number of amides is 1. The molecule has 0 saturated carbocycles. The molecule has 128 valence electrons. The van der Waals surface area contributed by atoms with Crippen LogP contribution in [0.15, 0.2) is 54.6 Å². The van der Waals surface area contributed by atoms with Crippen LogP contribution in [0.2, 0.25) is 0 Å². The van der Waals surface area contributed by atoms with Crippen molar-refractivity contribution in [2.24, 2.45) is 5.73 Å². The van der Waals surface area contributed by atoms with Gasteiger partial charge >= 0.3 is 0 Å². The Balaban J connectivity index is 2.17. The lowest BCUT2D eigenvalue weighted by Gasteiger charge is -2.30. The van der Waals surface area contributed by atoms with Crippen LogP contribution in [0.3, 0.4) is 0 Å². The van der Waals surface area contributed by atoms with E-state index in [4.69, 9.17) is 10.5 Å². The van der Waals surface area contributed by atoms with Crippen molar-refractivity contribution in [3.8, 4) is 5.75 Å². The van der Waals surface area contributed by atoms with Gasteiger partial charge in [0.05, 0.1) is 19.8 Å². The van der Waals surface area contributed by atoms with Gasteiger partial charge in [-0.15, -0.1) is 0 Å². The quantitative estimate of drug-likeness (QED) is 0.779. The Morgan fingerprint density at radius 3 is 2.46 bits per heavy atom. The fourth-order valence-corrected chi connectivity index (χ4v) is 2.68. The van der Waals surface area contributed by atoms with Gasteiger partial charge in [-0.25, -0.2) is 0 Å². The van der Waals surface area contributed by atoms with E-state index >= 15 is 0 Å². The zero-order valence-corrected chi connectivity index (χ0v) is 14.1. The lowest BCUT2D eigenvalue weighted by atomic mass is 10.0. The standard InChI is InChI=1S/C19H24N2O3/c1-14(15-7-4-3-5-8-15)21(13-19(20)23)12-18(22)16-9-6-10-17(11-16)24-2/h3-11,14,18,22H,12-13H2,1-2H3,(H2,20,23)/t14-,18?/m1/s1. The summed E-state index contributed by atoms with van der Waals surface area (Å²) >= 11 is 0. The van der Waals surface area contributed by atoms with Gasteiger partial charge in [-0.2, -0.15) is 0 Å². The summed E-state index contributed by atoms with van der Waals surface area (Å²) in [7, 11) is 1.59. The predicted molar refractivity (Wildman–Crippen MR) is 93.6 cm³/mol. The molecule has 1 unspecified atom stereocenters. The molecule has 0 aromatic heterocycles. The maximum Gasteiger partial charge on any atom is 0.231 e. The molecule has 0 aliphatic rings. The zero-order valence-electron chi connectivity index (χ0n) is 14.1. The normalized spacial score (nSPS) is 13.5. The van der Waals surface area contributed by atoms with E-state index < -0.39 is 12.0 Å². The van der Waals surface area contributed by atoms with E-state index in [2.05, 4.69) is 0 Å². The predicted octanol–water partition coefficient (Wildman–Crippen LogP) is 2.28. The number of nitrogens with zero attached hydrogens (tertiary/aromatic N) is 1. The first-order valence-corrected chi connectivity index (χ1v) is 7.90. The van der Waals surface area contributed by atoms with Crippen molar-refractivity contribution in [3.05, 3.63) is 65.7 Å². The highest BCUT2D eigenvalue weighted by molar-refractivity contribution is 5.76. The lowest BCUT2D eigenvalue weighted by molar-refractivity contribution is -0.120. The van der Waals surface area contributed by atoms with Gasteiger partial charge in [-0.1, -0.05) is 42.5 Å². The number of carbonyl (C=O) groups excluding carboxylic acids is 1. The van der Waals surface area contributed by atoms with Crippen molar-refractivity contribution in [2.45, 2.75) is 19.1 Å². The van der Waals surface area contributed by atoms with E-state index in [0.717, 1.165) is 11.1 Å². The van der Waals surface area contributed by atoms with Crippen LogP contribution in [0.4, 0.5) is 0 Å². The van der Waals surface area contributed by atoms with Gasteiger partial charge < -0.3 is 15.6 Å². The van der Waals surface area contributed by atoms with Crippen LogP contribution in [0.1, 0.15) is 30.2 Å². The average Bonchev–Trinajstić information content (AvgIpc) is 2.60. The van der Waals surface area contributed by atoms with Gasteiger partial charge in [0.25, 0.3) is 0 Å². The van der Waals surface area contributed by atoms with Gasteiger partial charge in [0.2, 0.25) is 5.91 Å². The number of benzene rings is 2. The Hall–Kier alpha value is -2.37. The van der Waals surface area contributed by atoms with Gasteiger partial charge in [-0.3, -0.25) is 9.69 Å². The summed E-state index contributed by atoms with van der Waals surface area (Å²) in [5, 5.41) is 10.6. The molecule has 5 nitrogen and oxygen atoms in total. The molecule has 5 heteroatoms. The minimum absolute atomic E-state index is 0.0426. The van der Waals surface area contributed by atoms with Crippen molar-refractivity contribution in [2.75, 3.05) is 20.2 Å². The minimum atomic E-state index is -0.745. The molecule has 0 spiro atoms. The monoisotopic (exact) mass is 328 g/mol. The van der Waals surface area contributed by atoms with E-state index in [1.807, 2.05) is 60.4 Å². The maximum atomic E-state index is 11.4. The third-order valence-corrected chi connectivity index (χ3v) is 4.07. The number of aliphatic hydroxyl groups excluding tert-OH is 1. The van der Waals surface area contributed by atoms with Crippen molar-refractivity contribution in [1.82, 2.24) is 4.90 Å². The highest BCUT2D eigenvalue weighted by Crippen LogP contribution is 2.25. The molecule has 3 N–H and O–H groups in total. The third kappa shape index (κ3) is 4.81. The first-order valence-electron chi connectivity index (χ1n) is 7.90. The van der Waals surface area contributed by atoms with E-state index in [1.165, 1.54) is 0 Å². The minimum Gasteiger partial charge on any atom is -0.497 e. The smallest absolute Gasteiger partial charge is 0.231 e. The lowest BCUT2D eigenvalue weighted by Crippen LogP contribution is -2.38. The molecule has 1 amide bonds. The van der Waals surface area contributed by atoms with Crippen molar-refractivity contribution >= 4 is 5.91 Å². The van der Waals surface area contributed by atoms with Crippen molar-refractivity contribution in [3.63, 3.8) is 0 Å². The van der Waals surface area contributed by atoms with E-state index in [0.29, 0.717) is 12.3 Å². The summed E-state index contributed by atoms with van der Waals surface area (Å²) in [5.41, 5.74) is 7.19. The van der Waals surface area contributed by atoms with E-state index in [-0.39, 0.29) is 12.6 Å². The van der Waals surface area contributed by atoms with Gasteiger partial charge in [0.1, 0.15) is 5.75 Å². The van der Waals surface area contributed by atoms with E-state index in [1.54, 1.807) is 13.2 Å². The molecule has 24 heavy (non-hydrogen) atoms. The molecular weight excluding hydrogens is 304 g/mol. The van der Waals surface area contributed by atoms with Crippen LogP contribution < -0.4 is 10.5 Å². The number of carbonyl (C=O) groups is 1. The summed E-state index contributed by atoms with van der Waals surface area (Å²) < 4.78 is 5.19. The molecule has 0 bridgehead atoms. The average molecular weight is 328 g/mol. The van der Waals surface area contributed by atoms with Crippen molar-refractivity contribution in [1.29, 1.82) is 0 Å². The van der Waals surface area contributed by atoms with Gasteiger partial charge in [0, 0.05) is 12.6 Å². The third-order valence-electron chi connectivity index (χ3n) is 4.07. The van der Waals surface area contributed by atoms with Crippen LogP contribution in [0.25, 0.3) is 0 Å². The second kappa shape index (κ2) is 8.47. The summed E-state index contributed by atoms with van der Waals surface area (Å²) in [5.74, 6) is 0.264. The number of hydrogen-bond donors (Lipinski definition) is 2. The van der Waals surface area contributed by atoms with Crippen LogP contribution in [0, 0.1) is 0 Å². The number of nitrogens with two attached hydrogens (primary N) is 1. The first kappa shape index (κ1) is 18.0. The molecule has 2 aromatic carbocycles. The molecule has 0 fully saturated rings. The Kier molecular flexibility index (Phi) is 6.35. The Morgan fingerprint density at radius 2 is 1.83 bits per heavy atom. The number of aliphatic hydroxyl groups is 1. The molecule has 0 saturated heterocycles. The van der Waals surface area contributed by atoms with Crippen LogP contribution >= 0.6 is 0 Å². The van der Waals surface area contributed by atoms with Crippen LogP contribution in [-0.4, -0.2) is 36.1 Å². The number of hydrogen-bond acceptors (Lipinski definition) is 4. The summed E-state index contributed by atoms with van der Waals surface area (Å²) in [6.45, 7) is 2.37. The maximum absolute atomic E-state index is 11.4. The largest absolute Gasteiger partial charge is 0.497 e. The molecule has 0 aliphatic heterocycles. The molecule has 2 atom stereocenters. The number of methoxy groups -OCH3 is 1. The summed E-state index contributed by atoms with van der Waals surface area (Å²) in [4.78, 5) is 13.3. The number of primary amides is 1. The number of rotatable bonds is 8. The first-order chi connectivity index (χ1) is 11.5. The topological polar surface area (TPSA) is 75.8 Å². The molecule has 0 heterocycles. The SMILES string of the molecule is COc1cccc(C(O)CN(CC(N)=O)[C@H](C)c2ccccc2)c1. The molecule has 0 radical (unpaired) electrons. The Bertz CT molecular complexity index is 661. The van der Waals surface area contributed by atoms with Crippen LogP contribution in [0.5, 0.6) is 5.75 Å². The van der Waals surface area contributed by atoms with Crippen LogP contribution in [-0.2, 0) is 4.79 Å². The molecule has 2 aromatic rings. The second-order valence-corrected chi connectivity index (χ2v) is 5.77. The molecular formula is C19H24N2O3. The van der Waals surface area contributed by atoms with Gasteiger partial charge in [-0.05, 0) is 30.2 Å². The van der Waals surface area contributed by atoms with Gasteiger partial charge in [0.15, 0.2) is 0 Å². The van der Waals surface area contributed by atoms with E-state index in [9.17, 15) is 9.90 Å². The number of ether oxygens (including phenoxy) is 1. The fourth-order valence-electron chi connectivity index (χ4n) is 2.68. The second-order valence-electron chi connectivity index (χ2n) is 5.77. The Morgan fingerprint density at radius 1 is 1.17 bits per heavy atom. The molecule has 2 rings (SSSR count). The van der Waals surface area contributed by atoms with Crippen molar-refractivity contribution < 1.29 is 14.6 Å². The highest BCUT2D eigenvalue weighted by atomic mass is 16.5. The Labute approximate surface area is 142 Å². The zero-order chi connectivity index (χ0) is 17.5.